The number of rotatable bonds is 11. The van der Waals surface area contributed by atoms with E-state index in [0.717, 1.165) is 27.4 Å². The Morgan fingerprint density at radius 2 is 1.57 bits per heavy atom. The summed E-state index contributed by atoms with van der Waals surface area (Å²) in [5.41, 5.74) is 3.59. The molecule has 0 aliphatic heterocycles. The molecule has 0 unspecified atom stereocenters. The van der Waals surface area contributed by atoms with Gasteiger partial charge in [0, 0.05) is 17.6 Å². The first kappa shape index (κ1) is 31.2. The summed E-state index contributed by atoms with van der Waals surface area (Å²) in [6, 6.07) is 18.2. The van der Waals surface area contributed by atoms with Crippen LogP contribution >= 0.6 is 11.6 Å². The topological polar surface area (TPSA) is 86.8 Å². The average molecular weight is 584 g/mol. The molecule has 0 spiro atoms. The van der Waals surface area contributed by atoms with Gasteiger partial charge in [-0.25, -0.2) is 8.42 Å². The standard InChI is InChI=1S/C31H38ClN3O4S/c1-7-23(4)33-31(37)25(6)34(19-26-11-8-10-22(3)18-26)30(36)20-35(29-13-9-12-28(32)24(29)5)40(38,39)27-16-14-21(2)15-17-27/h8-18,23,25H,7,19-20H2,1-6H3,(H,33,37)/t23-,25-/m0/s1. The summed E-state index contributed by atoms with van der Waals surface area (Å²) in [6.45, 7) is 10.7. The minimum absolute atomic E-state index is 0.0538. The van der Waals surface area contributed by atoms with E-state index in [9.17, 15) is 18.0 Å². The molecular formula is C31H38ClN3O4S. The van der Waals surface area contributed by atoms with Crippen LogP contribution in [0.25, 0.3) is 0 Å². The second-order valence-corrected chi connectivity index (χ2v) is 12.5. The van der Waals surface area contributed by atoms with Crippen LogP contribution in [0, 0.1) is 20.8 Å². The molecule has 0 bridgehead atoms. The molecule has 0 radical (unpaired) electrons. The smallest absolute Gasteiger partial charge is 0.264 e. The van der Waals surface area contributed by atoms with E-state index in [2.05, 4.69) is 5.32 Å². The van der Waals surface area contributed by atoms with Crippen LogP contribution < -0.4 is 9.62 Å². The van der Waals surface area contributed by atoms with Crippen molar-refractivity contribution >= 4 is 39.1 Å². The number of carbonyl (C=O) groups excluding carboxylic acids is 2. The van der Waals surface area contributed by atoms with Gasteiger partial charge in [-0.05, 0) is 76.4 Å². The summed E-state index contributed by atoms with van der Waals surface area (Å²) in [5, 5.41) is 3.32. The van der Waals surface area contributed by atoms with Gasteiger partial charge < -0.3 is 10.2 Å². The zero-order valence-corrected chi connectivity index (χ0v) is 25.5. The lowest BCUT2D eigenvalue weighted by Gasteiger charge is -2.33. The highest BCUT2D eigenvalue weighted by Gasteiger charge is 2.33. The molecule has 0 fully saturated rings. The number of nitrogens with one attached hydrogen (secondary N) is 1. The van der Waals surface area contributed by atoms with Gasteiger partial charge in [0.1, 0.15) is 12.6 Å². The molecule has 2 amide bonds. The fraction of sp³-hybridized carbons (Fsp3) is 0.355. The van der Waals surface area contributed by atoms with Crippen LogP contribution in [0.2, 0.25) is 5.02 Å². The Morgan fingerprint density at radius 3 is 2.20 bits per heavy atom. The number of nitrogens with zero attached hydrogens (tertiary/aromatic N) is 2. The van der Waals surface area contributed by atoms with Crippen LogP contribution in [0.5, 0.6) is 0 Å². The van der Waals surface area contributed by atoms with Gasteiger partial charge in [0.15, 0.2) is 0 Å². The molecular weight excluding hydrogens is 546 g/mol. The number of hydrogen-bond donors (Lipinski definition) is 1. The lowest BCUT2D eigenvalue weighted by atomic mass is 10.1. The normalized spacial score (nSPS) is 12.9. The summed E-state index contributed by atoms with van der Waals surface area (Å²) in [6.07, 6.45) is 0.737. The molecule has 7 nitrogen and oxygen atoms in total. The average Bonchev–Trinajstić information content (AvgIpc) is 2.91. The van der Waals surface area contributed by atoms with E-state index in [0.29, 0.717) is 16.3 Å². The van der Waals surface area contributed by atoms with Gasteiger partial charge in [-0.1, -0.05) is 72.1 Å². The first-order chi connectivity index (χ1) is 18.8. The molecule has 9 heteroatoms. The first-order valence-corrected chi connectivity index (χ1v) is 15.2. The molecule has 0 aliphatic rings. The summed E-state index contributed by atoms with van der Waals surface area (Å²) in [5.74, 6) is -0.814. The van der Waals surface area contributed by atoms with Gasteiger partial charge in [0.25, 0.3) is 10.0 Å². The van der Waals surface area contributed by atoms with Crippen molar-refractivity contribution in [2.75, 3.05) is 10.8 Å². The van der Waals surface area contributed by atoms with Crippen molar-refractivity contribution < 1.29 is 18.0 Å². The molecule has 3 rings (SSSR count). The fourth-order valence-corrected chi connectivity index (χ4v) is 5.91. The third-order valence-electron chi connectivity index (χ3n) is 7.00. The minimum Gasteiger partial charge on any atom is -0.352 e. The van der Waals surface area contributed by atoms with E-state index in [1.54, 1.807) is 44.2 Å². The molecule has 1 N–H and O–H groups in total. The van der Waals surface area contributed by atoms with E-state index in [1.807, 2.05) is 52.0 Å². The van der Waals surface area contributed by atoms with E-state index >= 15 is 0 Å². The molecule has 214 valence electrons. The maximum Gasteiger partial charge on any atom is 0.264 e. The van der Waals surface area contributed by atoms with Gasteiger partial charge in [-0.3, -0.25) is 13.9 Å². The van der Waals surface area contributed by atoms with Crippen molar-refractivity contribution in [3.8, 4) is 0 Å². The number of sulfonamides is 1. The van der Waals surface area contributed by atoms with E-state index in [1.165, 1.54) is 17.0 Å². The molecule has 0 aromatic heterocycles. The van der Waals surface area contributed by atoms with Gasteiger partial charge in [0.2, 0.25) is 11.8 Å². The van der Waals surface area contributed by atoms with Crippen LogP contribution in [0.1, 0.15) is 49.4 Å². The minimum atomic E-state index is -4.16. The first-order valence-electron chi connectivity index (χ1n) is 13.3. The van der Waals surface area contributed by atoms with Crippen molar-refractivity contribution in [1.29, 1.82) is 0 Å². The largest absolute Gasteiger partial charge is 0.352 e. The van der Waals surface area contributed by atoms with Crippen molar-refractivity contribution in [3.63, 3.8) is 0 Å². The molecule has 3 aromatic rings. The Balaban J connectivity index is 2.07. The number of anilines is 1. The monoisotopic (exact) mass is 583 g/mol. The predicted molar refractivity (Wildman–Crippen MR) is 161 cm³/mol. The van der Waals surface area contributed by atoms with E-state index in [4.69, 9.17) is 11.6 Å². The summed E-state index contributed by atoms with van der Waals surface area (Å²) in [7, 11) is -4.16. The van der Waals surface area contributed by atoms with Gasteiger partial charge >= 0.3 is 0 Å². The Morgan fingerprint density at radius 1 is 0.925 bits per heavy atom. The number of amides is 2. The van der Waals surface area contributed by atoms with E-state index in [-0.39, 0.29) is 23.4 Å². The van der Waals surface area contributed by atoms with Gasteiger partial charge in [-0.15, -0.1) is 0 Å². The second kappa shape index (κ2) is 13.3. The second-order valence-electron chi connectivity index (χ2n) is 10.2. The number of hydrogen-bond acceptors (Lipinski definition) is 4. The van der Waals surface area contributed by atoms with Gasteiger partial charge in [0.05, 0.1) is 10.6 Å². The van der Waals surface area contributed by atoms with Crippen LogP contribution in [0.15, 0.2) is 71.6 Å². The van der Waals surface area contributed by atoms with Crippen LogP contribution in [-0.2, 0) is 26.2 Å². The van der Waals surface area contributed by atoms with Crippen molar-refractivity contribution in [2.24, 2.45) is 0 Å². The van der Waals surface area contributed by atoms with Crippen molar-refractivity contribution in [2.45, 2.75) is 71.5 Å². The fourth-order valence-electron chi connectivity index (χ4n) is 4.27. The third-order valence-corrected chi connectivity index (χ3v) is 9.18. The number of carbonyl (C=O) groups is 2. The summed E-state index contributed by atoms with van der Waals surface area (Å²) in [4.78, 5) is 28.7. The maximum absolute atomic E-state index is 14.1. The van der Waals surface area contributed by atoms with Crippen molar-refractivity contribution in [3.05, 3.63) is 94.0 Å². The van der Waals surface area contributed by atoms with Crippen LogP contribution in [-0.4, -0.2) is 43.8 Å². The Hall–Kier alpha value is -3.36. The third kappa shape index (κ3) is 7.43. The molecule has 0 aliphatic carbocycles. The van der Waals surface area contributed by atoms with Crippen LogP contribution in [0.4, 0.5) is 5.69 Å². The zero-order chi connectivity index (χ0) is 29.6. The lowest BCUT2D eigenvalue weighted by molar-refractivity contribution is -0.139. The molecule has 0 heterocycles. The highest BCUT2D eigenvalue weighted by molar-refractivity contribution is 7.92. The zero-order valence-electron chi connectivity index (χ0n) is 23.9. The number of halogens is 1. The Kier molecular flexibility index (Phi) is 10.4. The Bertz CT molecular complexity index is 1460. The number of aryl methyl sites for hydroxylation is 2. The SMILES string of the molecule is CC[C@H](C)NC(=O)[C@H](C)N(Cc1cccc(C)c1)C(=O)CN(c1cccc(Cl)c1C)S(=O)(=O)c1ccc(C)cc1. The Labute approximate surface area is 243 Å². The molecule has 0 saturated heterocycles. The lowest BCUT2D eigenvalue weighted by Crippen LogP contribution is -2.52. The molecule has 2 atom stereocenters. The molecule has 40 heavy (non-hydrogen) atoms. The number of benzene rings is 3. The highest BCUT2D eigenvalue weighted by Crippen LogP contribution is 2.31. The maximum atomic E-state index is 14.1. The summed E-state index contributed by atoms with van der Waals surface area (Å²) >= 11 is 6.38. The quantitative estimate of drug-likeness (QED) is 0.309. The van der Waals surface area contributed by atoms with Crippen LogP contribution in [0.3, 0.4) is 0 Å². The molecule has 0 saturated carbocycles. The predicted octanol–water partition coefficient (Wildman–Crippen LogP) is 5.79. The summed E-state index contributed by atoms with van der Waals surface area (Å²) < 4.78 is 29.1. The highest BCUT2D eigenvalue weighted by atomic mass is 35.5. The molecule has 3 aromatic carbocycles. The van der Waals surface area contributed by atoms with E-state index < -0.39 is 28.5 Å². The van der Waals surface area contributed by atoms with Gasteiger partial charge in [-0.2, -0.15) is 0 Å². The van der Waals surface area contributed by atoms with Crippen molar-refractivity contribution in [1.82, 2.24) is 10.2 Å².